The molecule has 7 nitrogen and oxygen atoms in total. The van der Waals surface area contributed by atoms with Crippen LogP contribution in [0, 0.1) is 12.8 Å². The number of rotatable bonds is 4. The van der Waals surface area contributed by atoms with E-state index >= 15 is 0 Å². The van der Waals surface area contributed by atoms with E-state index in [1.165, 1.54) is 0 Å². The van der Waals surface area contributed by atoms with Crippen molar-refractivity contribution in [2.24, 2.45) is 18.7 Å². The summed E-state index contributed by atoms with van der Waals surface area (Å²) in [6.07, 6.45) is 3.74. The summed E-state index contributed by atoms with van der Waals surface area (Å²) in [5.41, 5.74) is 8.25. The van der Waals surface area contributed by atoms with Gasteiger partial charge in [0.05, 0.1) is 12.1 Å². The highest BCUT2D eigenvalue weighted by Crippen LogP contribution is 2.29. The fourth-order valence-corrected chi connectivity index (χ4v) is 3.07. The summed E-state index contributed by atoms with van der Waals surface area (Å²) in [6, 6.07) is 5.06. The lowest BCUT2D eigenvalue weighted by Gasteiger charge is -2.18. The first kappa shape index (κ1) is 19.0. The molecule has 2 aromatic rings. The number of aromatic nitrogens is 2. The fraction of sp³-hybridized carbons (Fsp3) is 0.353. The molecule has 0 spiro atoms. The Morgan fingerprint density at radius 1 is 1.36 bits per heavy atom. The zero-order chi connectivity index (χ0) is 17.3. The van der Waals surface area contributed by atoms with E-state index < -0.39 is 5.91 Å². The van der Waals surface area contributed by atoms with E-state index in [1.54, 1.807) is 29.1 Å². The number of carbonyl (C=O) groups is 2. The third kappa shape index (κ3) is 4.00. The molecule has 0 aliphatic carbocycles. The van der Waals surface area contributed by atoms with E-state index in [4.69, 9.17) is 5.73 Å². The van der Waals surface area contributed by atoms with E-state index in [0.717, 1.165) is 17.7 Å². The molecule has 0 radical (unpaired) electrons. The van der Waals surface area contributed by atoms with Crippen LogP contribution in [-0.4, -0.2) is 34.7 Å². The molecule has 0 unspecified atom stereocenters. The van der Waals surface area contributed by atoms with E-state index in [0.29, 0.717) is 17.8 Å². The summed E-state index contributed by atoms with van der Waals surface area (Å²) in [5, 5.41) is 10.4. The first-order valence-electron chi connectivity index (χ1n) is 7.86. The van der Waals surface area contributed by atoms with Gasteiger partial charge in [-0.3, -0.25) is 14.3 Å². The van der Waals surface area contributed by atoms with Crippen molar-refractivity contribution < 1.29 is 9.59 Å². The molecule has 25 heavy (non-hydrogen) atoms. The molecule has 1 saturated heterocycles. The molecule has 0 bridgehead atoms. The van der Waals surface area contributed by atoms with E-state index in [1.807, 2.05) is 20.2 Å². The molecule has 2 atom stereocenters. The Kier molecular flexibility index (Phi) is 5.81. The van der Waals surface area contributed by atoms with Gasteiger partial charge in [0.25, 0.3) is 0 Å². The van der Waals surface area contributed by atoms with E-state index in [-0.39, 0.29) is 30.2 Å². The molecule has 2 heterocycles. The SMILES string of the molecule is Cc1ccc(C(N)=O)cc1NC(=O)[C@H]1CNC[C@@H]1c1cnn(C)c1.Cl. The highest BCUT2D eigenvalue weighted by molar-refractivity contribution is 5.98. The minimum absolute atomic E-state index is 0. The number of aryl methyl sites for hydroxylation is 2. The number of hydrogen-bond donors (Lipinski definition) is 3. The number of nitrogens with zero attached hydrogens (tertiary/aromatic N) is 2. The Hall–Kier alpha value is -2.38. The van der Waals surface area contributed by atoms with Crippen molar-refractivity contribution >= 4 is 29.9 Å². The van der Waals surface area contributed by atoms with Crippen LogP contribution in [0.3, 0.4) is 0 Å². The van der Waals surface area contributed by atoms with Crippen LogP contribution in [0.5, 0.6) is 0 Å². The van der Waals surface area contributed by atoms with E-state index in [2.05, 4.69) is 15.7 Å². The maximum Gasteiger partial charge on any atom is 0.248 e. The quantitative estimate of drug-likeness (QED) is 0.759. The number of benzene rings is 1. The number of carbonyl (C=O) groups excluding carboxylic acids is 2. The predicted molar refractivity (Wildman–Crippen MR) is 97.9 cm³/mol. The third-order valence-corrected chi connectivity index (χ3v) is 4.48. The summed E-state index contributed by atoms with van der Waals surface area (Å²) in [5.74, 6) is -0.691. The van der Waals surface area contributed by atoms with Gasteiger partial charge in [-0.25, -0.2) is 0 Å². The van der Waals surface area contributed by atoms with Gasteiger partial charge in [-0.1, -0.05) is 6.07 Å². The number of amides is 2. The van der Waals surface area contributed by atoms with Crippen molar-refractivity contribution in [3.8, 4) is 0 Å². The Bertz CT molecular complexity index is 789. The van der Waals surface area contributed by atoms with Gasteiger partial charge in [0.15, 0.2) is 0 Å². The van der Waals surface area contributed by atoms with Gasteiger partial charge in [0.2, 0.25) is 11.8 Å². The normalized spacial score (nSPS) is 19.3. The first-order valence-corrected chi connectivity index (χ1v) is 7.86. The Balaban J connectivity index is 0.00000225. The zero-order valence-electron chi connectivity index (χ0n) is 14.2. The zero-order valence-corrected chi connectivity index (χ0v) is 15.0. The molecule has 1 aromatic heterocycles. The van der Waals surface area contributed by atoms with Gasteiger partial charge in [-0.05, 0) is 30.2 Å². The second kappa shape index (κ2) is 7.67. The third-order valence-electron chi connectivity index (χ3n) is 4.48. The second-order valence-electron chi connectivity index (χ2n) is 6.20. The second-order valence-corrected chi connectivity index (χ2v) is 6.20. The average molecular weight is 364 g/mol. The van der Waals surface area contributed by atoms with Crippen molar-refractivity contribution in [2.75, 3.05) is 18.4 Å². The molecule has 1 aromatic carbocycles. The molecule has 1 aliphatic heterocycles. The van der Waals surface area contributed by atoms with Crippen LogP contribution < -0.4 is 16.4 Å². The Labute approximate surface area is 152 Å². The monoisotopic (exact) mass is 363 g/mol. The topological polar surface area (TPSA) is 102 Å². The smallest absolute Gasteiger partial charge is 0.248 e. The maximum atomic E-state index is 12.7. The summed E-state index contributed by atoms with van der Waals surface area (Å²) in [4.78, 5) is 24.1. The van der Waals surface area contributed by atoms with Gasteiger partial charge < -0.3 is 16.4 Å². The van der Waals surface area contributed by atoms with Crippen LogP contribution >= 0.6 is 12.4 Å². The van der Waals surface area contributed by atoms with Gasteiger partial charge in [0, 0.05) is 43.5 Å². The van der Waals surface area contributed by atoms with Crippen LogP contribution in [-0.2, 0) is 11.8 Å². The Morgan fingerprint density at radius 3 is 2.76 bits per heavy atom. The van der Waals surface area contributed by atoms with Crippen LogP contribution in [0.15, 0.2) is 30.6 Å². The summed E-state index contributed by atoms with van der Waals surface area (Å²) in [6.45, 7) is 3.23. The lowest BCUT2D eigenvalue weighted by molar-refractivity contribution is -0.119. The van der Waals surface area contributed by atoms with Crippen LogP contribution in [0.1, 0.15) is 27.4 Å². The van der Waals surface area contributed by atoms with Crippen LogP contribution in [0.4, 0.5) is 5.69 Å². The van der Waals surface area contributed by atoms with Crippen molar-refractivity contribution in [3.63, 3.8) is 0 Å². The van der Waals surface area contributed by atoms with Crippen molar-refractivity contribution in [3.05, 3.63) is 47.3 Å². The molecule has 1 aliphatic rings. The molecule has 8 heteroatoms. The van der Waals surface area contributed by atoms with Crippen molar-refractivity contribution in [1.82, 2.24) is 15.1 Å². The Morgan fingerprint density at radius 2 is 2.12 bits per heavy atom. The van der Waals surface area contributed by atoms with Gasteiger partial charge in [-0.15, -0.1) is 12.4 Å². The standard InChI is InChI=1S/C17H21N5O2.ClH/c1-10-3-4-11(16(18)23)5-15(10)21-17(24)14-8-19-7-13(14)12-6-20-22(2)9-12;/h3-6,9,13-14,19H,7-8H2,1-2H3,(H2,18,23)(H,21,24);1H/t13-,14+;/m1./s1. The van der Waals surface area contributed by atoms with Gasteiger partial charge in [0.1, 0.15) is 0 Å². The van der Waals surface area contributed by atoms with Gasteiger partial charge >= 0.3 is 0 Å². The fourth-order valence-electron chi connectivity index (χ4n) is 3.07. The number of nitrogens with two attached hydrogens (primary N) is 1. The largest absolute Gasteiger partial charge is 0.366 e. The molecular formula is C17H22ClN5O2. The van der Waals surface area contributed by atoms with Crippen molar-refractivity contribution in [2.45, 2.75) is 12.8 Å². The molecule has 3 rings (SSSR count). The van der Waals surface area contributed by atoms with Gasteiger partial charge in [-0.2, -0.15) is 5.10 Å². The first-order chi connectivity index (χ1) is 11.5. The van der Waals surface area contributed by atoms with Crippen LogP contribution in [0.2, 0.25) is 0 Å². The molecule has 4 N–H and O–H groups in total. The molecule has 1 fully saturated rings. The van der Waals surface area contributed by atoms with E-state index in [9.17, 15) is 9.59 Å². The lowest BCUT2D eigenvalue weighted by atomic mass is 9.90. The summed E-state index contributed by atoms with van der Waals surface area (Å²) >= 11 is 0. The summed E-state index contributed by atoms with van der Waals surface area (Å²) < 4.78 is 1.74. The molecule has 2 amide bonds. The number of hydrogen-bond acceptors (Lipinski definition) is 4. The molecular weight excluding hydrogens is 342 g/mol. The molecule has 0 saturated carbocycles. The van der Waals surface area contributed by atoms with Crippen molar-refractivity contribution in [1.29, 1.82) is 0 Å². The minimum Gasteiger partial charge on any atom is -0.366 e. The average Bonchev–Trinajstić information content (AvgIpc) is 3.17. The number of halogens is 1. The predicted octanol–water partition coefficient (Wildman–Crippen LogP) is 1.19. The number of anilines is 1. The molecule has 134 valence electrons. The minimum atomic E-state index is -0.513. The maximum absolute atomic E-state index is 12.7. The van der Waals surface area contributed by atoms with Crippen LogP contribution in [0.25, 0.3) is 0 Å². The number of primary amides is 1. The lowest BCUT2D eigenvalue weighted by Crippen LogP contribution is -2.28. The highest BCUT2D eigenvalue weighted by atomic mass is 35.5. The number of nitrogens with one attached hydrogen (secondary N) is 2. The summed E-state index contributed by atoms with van der Waals surface area (Å²) in [7, 11) is 1.86. The highest BCUT2D eigenvalue weighted by Gasteiger charge is 2.34.